The minimum absolute atomic E-state index is 1.11. The first-order chi connectivity index (χ1) is 16.2. The van der Waals surface area contributed by atoms with E-state index in [9.17, 15) is 0 Å². The van der Waals surface area contributed by atoms with Crippen LogP contribution >= 0.6 is 0 Å². The maximum absolute atomic E-state index is 4.02. The third kappa shape index (κ3) is 2.92. The van der Waals surface area contributed by atoms with Crippen LogP contribution in [0.1, 0.15) is 16.7 Å². The van der Waals surface area contributed by atoms with Crippen molar-refractivity contribution in [3.8, 4) is 22.3 Å². The molecule has 0 nitrogen and oxygen atoms in total. The van der Waals surface area contributed by atoms with Gasteiger partial charge in [0, 0.05) is 0 Å². The molecule has 0 heterocycles. The van der Waals surface area contributed by atoms with Crippen LogP contribution in [0.3, 0.4) is 0 Å². The molecule has 0 amide bonds. The molecule has 6 aromatic carbocycles. The average molecular weight is 421 g/mol. The Balaban J connectivity index is 1.54. The topological polar surface area (TPSA) is 0 Å². The van der Waals surface area contributed by atoms with Crippen molar-refractivity contribution in [1.82, 2.24) is 0 Å². The van der Waals surface area contributed by atoms with Gasteiger partial charge in [-0.2, -0.15) is 0 Å². The van der Waals surface area contributed by atoms with Crippen molar-refractivity contribution in [2.24, 2.45) is 0 Å². The Morgan fingerprint density at radius 3 is 1.85 bits per heavy atom. The fourth-order valence-corrected chi connectivity index (χ4v) is 5.27. The Bertz CT molecular complexity index is 1680. The third-order valence-corrected chi connectivity index (χ3v) is 6.95. The Hall–Kier alpha value is -4.16. The molecule has 0 aromatic heterocycles. The van der Waals surface area contributed by atoms with Gasteiger partial charge in [-0.3, -0.25) is 0 Å². The maximum atomic E-state index is 4.02. The maximum Gasteiger partial charge on any atom is -0.00205 e. The number of hydrogen-bond acceptors (Lipinski definition) is 0. The number of hydrogen-bond donors (Lipinski definition) is 0. The third-order valence-electron chi connectivity index (χ3n) is 6.95. The second kappa shape index (κ2) is 7.46. The molecule has 0 fully saturated rings. The first kappa shape index (κ1) is 19.5. The summed E-state index contributed by atoms with van der Waals surface area (Å²) in [5.41, 5.74) is 8.42. The molecule has 0 bridgehead atoms. The van der Waals surface area contributed by atoms with Gasteiger partial charge >= 0.3 is 0 Å². The lowest BCUT2D eigenvalue weighted by atomic mass is 9.88. The first-order valence-electron chi connectivity index (χ1n) is 11.4. The highest BCUT2D eigenvalue weighted by Gasteiger charge is 2.13. The largest absolute Gasteiger partial charge is 0.0984 e. The van der Waals surface area contributed by atoms with E-state index in [4.69, 9.17) is 0 Å². The predicted octanol–water partition coefficient (Wildman–Crippen LogP) is 9.51. The molecule has 0 atom stereocenters. The van der Waals surface area contributed by atoms with Crippen molar-refractivity contribution in [2.75, 3.05) is 0 Å². The van der Waals surface area contributed by atoms with Crippen LogP contribution in [0, 0.1) is 6.92 Å². The molecule has 0 saturated carbocycles. The smallest absolute Gasteiger partial charge is 0.00205 e. The van der Waals surface area contributed by atoms with E-state index in [1.54, 1.807) is 0 Å². The summed E-state index contributed by atoms with van der Waals surface area (Å²) < 4.78 is 0. The van der Waals surface area contributed by atoms with Gasteiger partial charge in [0.05, 0.1) is 0 Å². The zero-order chi connectivity index (χ0) is 22.5. The number of benzene rings is 6. The van der Waals surface area contributed by atoms with Crippen LogP contribution in [0.25, 0.3) is 66.7 Å². The molecule has 6 rings (SSSR count). The summed E-state index contributed by atoms with van der Waals surface area (Å²) >= 11 is 0. The molecule has 0 N–H and O–H groups in total. The normalized spacial score (nSPS) is 11.4. The van der Waals surface area contributed by atoms with Crippen LogP contribution in [-0.4, -0.2) is 0 Å². The van der Waals surface area contributed by atoms with Crippen molar-refractivity contribution in [2.45, 2.75) is 6.92 Å². The summed E-state index contributed by atoms with van der Waals surface area (Å²) in [5.74, 6) is 0. The van der Waals surface area contributed by atoms with E-state index in [0.29, 0.717) is 0 Å². The molecular weight excluding hydrogens is 396 g/mol. The lowest BCUT2D eigenvalue weighted by Crippen LogP contribution is -1.90. The van der Waals surface area contributed by atoms with E-state index in [2.05, 4.69) is 111 Å². The summed E-state index contributed by atoms with van der Waals surface area (Å²) in [6.07, 6.45) is 3.81. The van der Waals surface area contributed by atoms with Crippen LogP contribution in [0.15, 0.2) is 104 Å². The Labute approximate surface area is 194 Å². The van der Waals surface area contributed by atoms with Crippen molar-refractivity contribution >= 4 is 44.5 Å². The van der Waals surface area contributed by atoms with Gasteiger partial charge in [0.15, 0.2) is 0 Å². The summed E-state index contributed by atoms with van der Waals surface area (Å²) in [7, 11) is 0. The highest BCUT2D eigenvalue weighted by Crippen LogP contribution is 2.40. The lowest BCUT2D eigenvalue weighted by Gasteiger charge is -2.16. The molecule has 0 heteroatoms. The molecular formula is C33H24. The summed E-state index contributed by atoms with van der Waals surface area (Å²) in [6.45, 7) is 10.2. The Morgan fingerprint density at radius 2 is 1.15 bits per heavy atom. The number of aryl methyl sites for hydroxylation is 1. The molecule has 0 aliphatic carbocycles. The van der Waals surface area contributed by atoms with Gasteiger partial charge in [0.25, 0.3) is 0 Å². The van der Waals surface area contributed by atoms with Gasteiger partial charge in [-0.1, -0.05) is 116 Å². The molecule has 0 unspecified atom stereocenters. The van der Waals surface area contributed by atoms with Crippen molar-refractivity contribution in [3.63, 3.8) is 0 Å². The minimum Gasteiger partial charge on any atom is -0.0984 e. The molecule has 0 spiro atoms. The average Bonchev–Trinajstić information content (AvgIpc) is 2.87. The SMILES string of the molecule is C=Cc1cccc(-c2ccc(-c3ccc4ccc5c(C)ccc6ccc3c4c65)cc2)c1C=C. The van der Waals surface area contributed by atoms with Gasteiger partial charge in [0.2, 0.25) is 0 Å². The summed E-state index contributed by atoms with van der Waals surface area (Å²) in [6, 6.07) is 33.3. The van der Waals surface area contributed by atoms with Crippen LogP contribution in [-0.2, 0) is 0 Å². The van der Waals surface area contributed by atoms with Gasteiger partial charge in [0.1, 0.15) is 0 Å². The zero-order valence-corrected chi connectivity index (χ0v) is 18.7. The highest BCUT2D eigenvalue weighted by atomic mass is 14.2. The van der Waals surface area contributed by atoms with E-state index >= 15 is 0 Å². The second-order valence-corrected chi connectivity index (χ2v) is 8.71. The Morgan fingerprint density at radius 1 is 0.545 bits per heavy atom. The monoisotopic (exact) mass is 420 g/mol. The fourth-order valence-electron chi connectivity index (χ4n) is 5.27. The highest BCUT2D eigenvalue weighted by molar-refractivity contribution is 6.25. The lowest BCUT2D eigenvalue weighted by molar-refractivity contribution is 1.55. The molecule has 0 radical (unpaired) electrons. The summed E-state index contributed by atoms with van der Waals surface area (Å²) in [5, 5.41) is 8.00. The molecule has 33 heavy (non-hydrogen) atoms. The van der Waals surface area contributed by atoms with E-state index < -0.39 is 0 Å². The molecule has 6 aromatic rings. The van der Waals surface area contributed by atoms with Gasteiger partial charge in [-0.25, -0.2) is 0 Å². The quantitative estimate of drug-likeness (QED) is 0.249. The summed E-state index contributed by atoms with van der Waals surface area (Å²) in [4.78, 5) is 0. The van der Waals surface area contributed by atoms with Gasteiger partial charge < -0.3 is 0 Å². The van der Waals surface area contributed by atoms with Crippen LogP contribution in [0.5, 0.6) is 0 Å². The molecule has 0 aliphatic heterocycles. The predicted molar refractivity (Wildman–Crippen MR) is 146 cm³/mol. The number of rotatable bonds is 4. The van der Waals surface area contributed by atoms with E-state index in [-0.39, 0.29) is 0 Å². The first-order valence-corrected chi connectivity index (χ1v) is 11.4. The molecule has 0 saturated heterocycles. The van der Waals surface area contributed by atoms with E-state index in [1.807, 2.05) is 12.2 Å². The van der Waals surface area contributed by atoms with Crippen LogP contribution in [0.4, 0.5) is 0 Å². The zero-order valence-electron chi connectivity index (χ0n) is 18.7. The standard InChI is InChI=1S/C33H24/c1-4-22-7-6-8-29(27(22)5-2)23-11-13-24(14-12-23)30-19-16-26-15-18-28-21(3)9-10-25-17-20-31(30)33(26)32(25)28/h4-20H,1-2H2,3H3. The van der Waals surface area contributed by atoms with Crippen LogP contribution in [0.2, 0.25) is 0 Å². The molecule has 0 aliphatic rings. The fraction of sp³-hybridized carbons (Fsp3) is 0.0303. The van der Waals surface area contributed by atoms with Gasteiger partial charge in [-0.15, -0.1) is 0 Å². The van der Waals surface area contributed by atoms with Crippen molar-refractivity contribution in [1.29, 1.82) is 0 Å². The Kier molecular flexibility index (Phi) is 4.41. The minimum atomic E-state index is 1.11. The molecule has 156 valence electrons. The van der Waals surface area contributed by atoms with Crippen LogP contribution < -0.4 is 0 Å². The van der Waals surface area contributed by atoms with E-state index in [1.165, 1.54) is 60.1 Å². The van der Waals surface area contributed by atoms with Crippen molar-refractivity contribution in [3.05, 3.63) is 121 Å². The van der Waals surface area contributed by atoms with E-state index in [0.717, 1.165) is 11.1 Å². The second-order valence-electron chi connectivity index (χ2n) is 8.71. The van der Waals surface area contributed by atoms with Crippen molar-refractivity contribution < 1.29 is 0 Å². The van der Waals surface area contributed by atoms with Gasteiger partial charge in [-0.05, 0) is 78.2 Å².